The van der Waals surface area contributed by atoms with Crippen LogP contribution in [-0.2, 0) is 4.74 Å². The molecular weight excluding hydrogens is 312 g/mol. The number of aliphatic hydroxyl groups excluding tert-OH is 1. The second-order valence-corrected chi connectivity index (χ2v) is 6.30. The van der Waals surface area contributed by atoms with Gasteiger partial charge >= 0.3 is 0 Å². The van der Waals surface area contributed by atoms with E-state index in [9.17, 15) is 0 Å². The van der Waals surface area contributed by atoms with Gasteiger partial charge in [0.15, 0.2) is 10.1 Å². The zero-order chi connectivity index (χ0) is 16.6. The predicted octanol–water partition coefficient (Wildman–Crippen LogP) is 5.10. The van der Waals surface area contributed by atoms with Gasteiger partial charge in [0.05, 0.1) is 0 Å². The fraction of sp³-hybridized carbons (Fsp3) is 0.222. The molecule has 0 saturated carbocycles. The molecule has 0 heterocycles. The van der Waals surface area contributed by atoms with E-state index >= 15 is 0 Å². The standard InChI is InChI=1S/C11H14OS.C7H6OS/c1-11(2,3)12-10(13)9-7-5-4-6-8-9;8-7(9)6-4-2-1-3-5-6/h4-8H,1-3H3;1-5H,(H,8,9). The summed E-state index contributed by atoms with van der Waals surface area (Å²) in [5.41, 5.74) is 1.45. The Labute approximate surface area is 142 Å². The second-order valence-electron chi connectivity index (χ2n) is 5.54. The van der Waals surface area contributed by atoms with Crippen LogP contribution in [0.4, 0.5) is 0 Å². The summed E-state index contributed by atoms with van der Waals surface area (Å²) in [4.78, 5) is 0. The van der Waals surface area contributed by atoms with E-state index in [4.69, 9.17) is 22.1 Å². The molecule has 0 fully saturated rings. The van der Waals surface area contributed by atoms with E-state index < -0.39 is 0 Å². The quantitative estimate of drug-likeness (QED) is 0.775. The fourth-order valence-electron chi connectivity index (χ4n) is 1.49. The van der Waals surface area contributed by atoms with E-state index in [1.165, 1.54) is 0 Å². The minimum absolute atomic E-state index is 0.0457. The molecule has 2 nitrogen and oxygen atoms in total. The summed E-state index contributed by atoms with van der Waals surface area (Å²) in [5, 5.41) is 9.27. The van der Waals surface area contributed by atoms with Crippen molar-refractivity contribution in [1.29, 1.82) is 0 Å². The molecule has 0 bridgehead atoms. The monoisotopic (exact) mass is 332 g/mol. The van der Waals surface area contributed by atoms with Crippen molar-refractivity contribution >= 4 is 34.5 Å². The zero-order valence-electron chi connectivity index (χ0n) is 12.9. The van der Waals surface area contributed by atoms with Gasteiger partial charge in [-0.15, -0.1) is 0 Å². The number of thiocarbonyl (C=S) groups is 2. The third-order valence-corrected chi connectivity index (χ3v) is 2.98. The third kappa shape index (κ3) is 7.29. The largest absolute Gasteiger partial charge is 0.499 e. The van der Waals surface area contributed by atoms with Crippen molar-refractivity contribution in [3.8, 4) is 0 Å². The highest BCUT2D eigenvalue weighted by molar-refractivity contribution is 7.80. The van der Waals surface area contributed by atoms with Crippen LogP contribution in [0, 0.1) is 0 Å². The van der Waals surface area contributed by atoms with Gasteiger partial charge in [0, 0.05) is 11.1 Å². The summed E-state index contributed by atoms with van der Waals surface area (Å²) in [7, 11) is 0. The first-order chi connectivity index (χ1) is 10.3. The van der Waals surface area contributed by atoms with Crippen molar-refractivity contribution in [2.75, 3.05) is 0 Å². The number of rotatable bonds is 2. The van der Waals surface area contributed by atoms with Gasteiger partial charge in [-0.1, -0.05) is 60.7 Å². The van der Waals surface area contributed by atoms with Crippen molar-refractivity contribution in [3.63, 3.8) is 0 Å². The molecule has 116 valence electrons. The van der Waals surface area contributed by atoms with Crippen molar-refractivity contribution in [2.24, 2.45) is 0 Å². The van der Waals surface area contributed by atoms with E-state index in [1.807, 2.05) is 69.3 Å². The summed E-state index contributed by atoms with van der Waals surface area (Å²) < 4.78 is 5.56. The Kier molecular flexibility index (Phi) is 7.15. The fourth-order valence-corrected chi connectivity index (χ4v) is 2.01. The minimum Gasteiger partial charge on any atom is -0.499 e. The number of ether oxygens (including phenoxy) is 1. The SMILES string of the molecule is CC(C)(C)OC(=S)c1ccccc1.OC(=S)c1ccccc1. The Morgan fingerprint density at radius 3 is 1.55 bits per heavy atom. The Bertz CT molecular complexity index is 602. The average molecular weight is 332 g/mol. The molecule has 0 aromatic heterocycles. The lowest BCUT2D eigenvalue weighted by molar-refractivity contribution is 0.122. The molecule has 0 aliphatic rings. The molecule has 0 unspecified atom stereocenters. The molecule has 0 saturated heterocycles. The smallest absolute Gasteiger partial charge is 0.191 e. The van der Waals surface area contributed by atoms with E-state index in [0.717, 1.165) is 5.56 Å². The summed E-state index contributed by atoms with van der Waals surface area (Å²) in [6, 6.07) is 18.8. The van der Waals surface area contributed by atoms with Crippen LogP contribution in [0.25, 0.3) is 0 Å². The topological polar surface area (TPSA) is 29.5 Å². The van der Waals surface area contributed by atoms with E-state index in [-0.39, 0.29) is 10.7 Å². The first kappa shape index (κ1) is 18.3. The third-order valence-electron chi connectivity index (χ3n) is 2.43. The first-order valence-corrected chi connectivity index (χ1v) is 7.68. The van der Waals surface area contributed by atoms with Gasteiger partial charge in [-0.2, -0.15) is 0 Å². The molecule has 0 aliphatic heterocycles. The van der Waals surface area contributed by atoms with Crippen molar-refractivity contribution in [1.82, 2.24) is 0 Å². The van der Waals surface area contributed by atoms with Gasteiger partial charge < -0.3 is 9.84 Å². The molecule has 2 aromatic carbocycles. The van der Waals surface area contributed by atoms with Gasteiger partial charge in [0.2, 0.25) is 0 Å². The molecule has 1 N–H and O–H groups in total. The number of hydrogen-bond donors (Lipinski definition) is 1. The van der Waals surface area contributed by atoms with Crippen LogP contribution in [0.15, 0.2) is 60.7 Å². The first-order valence-electron chi connectivity index (χ1n) is 6.86. The van der Waals surface area contributed by atoms with Crippen LogP contribution < -0.4 is 0 Å². The number of hydrogen-bond acceptors (Lipinski definition) is 3. The second kappa shape index (κ2) is 8.61. The van der Waals surface area contributed by atoms with E-state index in [1.54, 1.807) is 12.1 Å². The van der Waals surface area contributed by atoms with Crippen LogP contribution in [0.3, 0.4) is 0 Å². The van der Waals surface area contributed by atoms with Gasteiger partial charge in [-0.05, 0) is 45.2 Å². The maximum absolute atomic E-state index is 8.76. The summed E-state index contributed by atoms with van der Waals surface area (Å²) in [5.74, 6) is 0. The highest BCUT2D eigenvalue weighted by Crippen LogP contribution is 2.12. The predicted molar refractivity (Wildman–Crippen MR) is 99.8 cm³/mol. The number of aliphatic hydroxyl groups is 1. The normalized spacial score (nSPS) is 10.1. The van der Waals surface area contributed by atoms with Crippen LogP contribution in [0.2, 0.25) is 0 Å². The van der Waals surface area contributed by atoms with Crippen LogP contribution in [-0.4, -0.2) is 20.8 Å². The molecule has 0 radical (unpaired) electrons. The van der Waals surface area contributed by atoms with Crippen LogP contribution in [0.1, 0.15) is 31.9 Å². The van der Waals surface area contributed by atoms with Gasteiger partial charge in [0.1, 0.15) is 5.60 Å². The Morgan fingerprint density at radius 2 is 1.23 bits per heavy atom. The minimum atomic E-state index is -0.215. The lowest BCUT2D eigenvalue weighted by Gasteiger charge is -2.21. The molecule has 0 atom stereocenters. The van der Waals surface area contributed by atoms with E-state index in [2.05, 4.69) is 12.2 Å². The molecule has 2 aromatic rings. The molecule has 22 heavy (non-hydrogen) atoms. The molecule has 0 spiro atoms. The van der Waals surface area contributed by atoms with Crippen molar-refractivity contribution in [2.45, 2.75) is 26.4 Å². The lowest BCUT2D eigenvalue weighted by atomic mass is 10.2. The number of benzene rings is 2. The summed E-state index contributed by atoms with van der Waals surface area (Å²) >= 11 is 9.66. The molecule has 0 aliphatic carbocycles. The molecular formula is C18H20O2S2. The average Bonchev–Trinajstić information content (AvgIpc) is 2.48. The highest BCUT2D eigenvalue weighted by Gasteiger charge is 2.14. The molecule has 2 rings (SSSR count). The van der Waals surface area contributed by atoms with Gasteiger partial charge in [-0.3, -0.25) is 0 Å². The lowest BCUT2D eigenvalue weighted by Crippen LogP contribution is -2.23. The van der Waals surface area contributed by atoms with Gasteiger partial charge in [-0.25, -0.2) is 0 Å². The maximum atomic E-state index is 8.76. The molecule has 4 heteroatoms. The van der Waals surface area contributed by atoms with Crippen molar-refractivity contribution in [3.05, 3.63) is 71.8 Å². The summed E-state index contributed by atoms with van der Waals surface area (Å²) in [6.07, 6.45) is 0. The highest BCUT2D eigenvalue weighted by atomic mass is 32.1. The Morgan fingerprint density at radius 1 is 0.818 bits per heavy atom. The van der Waals surface area contributed by atoms with Crippen molar-refractivity contribution < 1.29 is 9.84 Å². The van der Waals surface area contributed by atoms with Crippen LogP contribution >= 0.6 is 24.4 Å². The summed E-state index contributed by atoms with van der Waals surface area (Å²) in [6.45, 7) is 5.96. The Hall–Kier alpha value is -1.78. The van der Waals surface area contributed by atoms with Gasteiger partial charge in [0.25, 0.3) is 0 Å². The maximum Gasteiger partial charge on any atom is 0.191 e. The Balaban J connectivity index is 0.000000235. The van der Waals surface area contributed by atoms with Crippen LogP contribution in [0.5, 0.6) is 0 Å². The molecule has 0 amide bonds. The zero-order valence-corrected chi connectivity index (χ0v) is 14.6. The van der Waals surface area contributed by atoms with E-state index in [0.29, 0.717) is 10.6 Å².